The van der Waals surface area contributed by atoms with Crippen molar-refractivity contribution in [3.8, 4) is 11.5 Å². The lowest BCUT2D eigenvalue weighted by molar-refractivity contribution is -0.129. The lowest BCUT2D eigenvalue weighted by Crippen LogP contribution is -2.34. The molecule has 1 aromatic carbocycles. The van der Waals surface area contributed by atoms with E-state index in [1.165, 1.54) is 32.6 Å². The predicted molar refractivity (Wildman–Crippen MR) is 129 cm³/mol. The highest BCUT2D eigenvalue weighted by Gasteiger charge is 2.42. The molecule has 0 bridgehead atoms. The van der Waals surface area contributed by atoms with E-state index in [4.69, 9.17) is 13.9 Å². The number of methoxy groups -OCH3 is 2. The third-order valence-electron chi connectivity index (χ3n) is 6.00. The van der Waals surface area contributed by atoms with Gasteiger partial charge in [0.1, 0.15) is 5.76 Å². The van der Waals surface area contributed by atoms with E-state index in [-0.39, 0.29) is 5.57 Å². The molecule has 0 spiro atoms. The van der Waals surface area contributed by atoms with Crippen LogP contribution in [-0.4, -0.2) is 67.0 Å². The molecule has 0 fully saturated rings. The number of carbonyl (C=O) groups is 2. The average molecular weight is 469 g/mol. The summed E-state index contributed by atoms with van der Waals surface area (Å²) >= 11 is 0. The summed E-state index contributed by atoms with van der Waals surface area (Å²) in [5, 5.41) is 10.8. The molecule has 1 aromatic heterocycles. The number of allylic oxidation sites excluding steroid dienone is 1. The Morgan fingerprint density at radius 2 is 1.91 bits per heavy atom. The maximum absolute atomic E-state index is 13.2. The number of rotatable bonds is 12. The summed E-state index contributed by atoms with van der Waals surface area (Å²) in [5.74, 6) is -0.0575. The second kappa shape index (κ2) is 11.6. The van der Waals surface area contributed by atoms with Gasteiger partial charge in [-0.05, 0) is 68.0 Å². The molecule has 8 nitrogen and oxygen atoms in total. The summed E-state index contributed by atoms with van der Waals surface area (Å²) in [6.45, 7) is 7.19. The lowest BCUT2D eigenvalue weighted by Gasteiger charge is -2.28. The van der Waals surface area contributed by atoms with Crippen LogP contribution in [0.4, 0.5) is 0 Å². The number of aliphatic hydroxyl groups is 1. The Hall–Kier alpha value is -3.52. The van der Waals surface area contributed by atoms with E-state index in [9.17, 15) is 14.7 Å². The van der Waals surface area contributed by atoms with Crippen LogP contribution in [0.1, 0.15) is 37.6 Å². The van der Waals surface area contributed by atoms with Crippen LogP contribution in [0.2, 0.25) is 0 Å². The van der Waals surface area contributed by atoms with Crippen LogP contribution in [0, 0.1) is 0 Å². The molecule has 3 rings (SSSR count). The molecule has 2 heterocycles. The van der Waals surface area contributed by atoms with Gasteiger partial charge in [0.05, 0.1) is 32.1 Å². The van der Waals surface area contributed by atoms with Crippen molar-refractivity contribution < 1.29 is 28.6 Å². The number of hydrogen-bond donors (Lipinski definition) is 1. The summed E-state index contributed by atoms with van der Waals surface area (Å²) in [6.07, 6.45) is 5.03. The highest BCUT2D eigenvalue weighted by atomic mass is 16.5. The maximum Gasteiger partial charge on any atom is 0.290 e. The quantitative estimate of drug-likeness (QED) is 0.471. The van der Waals surface area contributed by atoms with Crippen molar-refractivity contribution in [1.29, 1.82) is 0 Å². The number of nitrogens with zero attached hydrogens (tertiary/aromatic N) is 2. The Morgan fingerprint density at radius 1 is 1.18 bits per heavy atom. The first-order chi connectivity index (χ1) is 16.4. The molecule has 2 aromatic rings. The van der Waals surface area contributed by atoms with Gasteiger partial charge in [-0.15, -0.1) is 0 Å². The van der Waals surface area contributed by atoms with Crippen molar-refractivity contribution in [2.45, 2.75) is 26.3 Å². The van der Waals surface area contributed by atoms with E-state index in [2.05, 4.69) is 18.7 Å². The van der Waals surface area contributed by atoms with E-state index in [0.29, 0.717) is 35.8 Å². The fourth-order valence-electron chi connectivity index (χ4n) is 4.14. The molecule has 1 atom stereocenters. The SMILES string of the molecule is CCN(CC)CCCN1C(=O)C(O)=C(C(=O)/C=C/c2ccco2)C1c1ccc(OC)c(OC)c1. The van der Waals surface area contributed by atoms with E-state index in [0.717, 1.165) is 19.6 Å². The largest absolute Gasteiger partial charge is 0.503 e. The van der Waals surface area contributed by atoms with Gasteiger partial charge in [0, 0.05) is 6.54 Å². The predicted octanol–water partition coefficient (Wildman–Crippen LogP) is 4.01. The molecule has 1 amide bonds. The summed E-state index contributed by atoms with van der Waals surface area (Å²) in [5.41, 5.74) is 0.676. The zero-order chi connectivity index (χ0) is 24.7. The topological polar surface area (TPSA) is 92.5 Å². The molecule has 0 saturated carbocycles. The van der Waals surface area contributed by atoms with Crippen LogP contribution >= 0.6 is 0 Å². The van der Waals surface area contributed by atoms with Crippen LogP contribution in [0.3, 0.4) is 0 Å². The Morgan fingerprint density at radius 3 is 2.53 bits per heavy atom. The van der Waals surface area contributed by atoms with Crippen LogP contribution in [0.25, 0.3) is 6.08 Å². The van der Waals surface area contributed by atoms with Crippen LogP contribution in [0.15, 0.2) is 58.4 Å². The number of ether oxygens (including phenoxy) is 2. The zero-order valence-electron chi connectivity index (χ0n) is 20.1. The molecule has 1 aliphatic heterocycles. The monoisotopic (exact) mass is 468 g/mol. The number of furan rings is 1. The maximum atomic E-state index is 13.2. The van der Waals surface area contributed by atoms with Crippen LogP contribution in [-0.2, 0) is 9.59 Å². The van der Waals surface area contributed by atoms with Gasteiger partial charge in [0.25, 0.3) is 5.91 Å². The van der Waals surface area contributed by atoms with Gasteiger partial charge in [0.15, 0.2) is 23.0 Å². The zero-order valence-corrected chi connectivity index (χ0v) is 20.1. The number of carbonyl (C=O) groups excluding carboxylic acids is 2. The van der Waals surface area contributed by atoms with E-state index in [1.807, 2.05) is 0 Å². The molecule has 0 radical (unpaired) electrons. The van der Waals surface area contributed by atoms with Crippen molar-refractivity contribution in [2.24, 2.45) is 0 Å². The van der Waals surface area contributed by atoms with Gasteiger partial charge in [-0.25, -0.2) is 0 Å². The molecule has 1 aliphatic rings. The van der Waals surface area contributed by atoms with Crippen molar-refractivity contribution in [3.63, 3.8) is 0 Å². The van der Waals surface area contributed by atoms with E-state index in [1.54, 1.807) is 35.2 Å². The van der Waals surface area contributed by atoms with Gasteiger partial charge in [-0.1, -0.05) is 19.9 Å². The summed E-state index contributed by atoms with van der Waals surface area (Å²) in [6, 6.07) is 7.91. The highest BCUT2D eigenvalue weighted by molar-refractivity contribution is 6.14. The van der Waals surface area contributed by atoms with E-state index < -0.39 is 23.5 Å². The lowest BCUT2D eigenvalue weighted by atomic mass is 9.95. The standard InChI is InChI=1S/C26H32N2O6/c1-5-27(6-2)14-8-15-28-24(18-10-13-21(32-3)22(17-18)33-4)23(25(30)26(28)31)20(29)12-11-19-9-7-16-34-19/h7,9-13,16-17,24,30H,5-6,8,14-15H2,1-4H3/b12-11+. The molecule has 0 saturated heterocycles. The smallest absolute Gasteiger partial charge is 0.290 e. The number of amides is 1. The fraction of sp³-hybridized carbons (Fsp3) is 0.385. The Balaban J connectivity index is 1.96. The molecular weight excluding hydrogens is 436 g/mol. The summed E-state index contributed by atoms with van der Waals surface area (Å²) in [7, 11) is 3.06. The molecular formula is C26H32N2O6. The molecule has 1 unspecified atom stereocenters. The number of ketones is 1. The van der Waals surface area contributed by atoms with Crippen molar-refractivity contribution in [2.75, 3.05) is 40.4 Å². The van der Waals surface area contributed by atoms with Gasteiger partial charge < -0.3 is 28.8 Å². The van der Waals surface area contributed by atoms with Gasteiger partial charge in [-0.2, -0.15) is 0 Å². The highest BCUT2D eigenvalue weighted by Crippen LogP contribution is 2.41. The van der Waals surface area contributed by atoms with Crippen LogP contribution in [0.5, 0.6) is 11.5 Å². The van der Waals surface area contributed by atoms with Crippen molar-refractivity contribution >= 4 is 17.8 Å². The molecule has 182 valence electrons. The second-order valence-electron chi connectivity index (χ2n) is 7.87. The van der Waals surface area contributed by atoms with Gasteiger partial charge in [-0.3, -0.25) is 9.59 Å². The van der Waals surface area contributed by atoms with E-state index >= 15 is 0 Å². The Labute approximate surface area is 200 Å². The molecule has 8 heteroatoms. The number of hydrogen-bond acceptors (Lipinski definition) is 7. The first-order valence-corrected chi connectivity index (χ1v) is 11.4. The van der Waals surface area contributed by atoms with Crippen molar-refractivity contribution in [3.05, 3.63) is 65.3 Å². The third kappa shape index (κ3) is 5.34. The molecule has 34 heavy (non-hydrogen) atoms. The Kier molecular flexibility index (Phi) is 8.54. The minimum absolute atomic E-state index is 0.0304. The van der Waals surface area contributed by atoms with Crippen molar-refractivity contribution in [1.82, 2.24) is 9.80 Å². The third-order valence-corrected chi connectivity index (χ3v) is 6.00. The van der Waals surface area contributed by atoms with Gasteiger partial charge in [0.2, 0.25) is 0 Å². The second-order valence-corrected chi connectivity index (χ2v) is 7.87. The number of benzene rings is 1. The van der Waals surface area contributed by atoms with Gasteiger partial charge >= 0.3 is 0 Å². The Bertz CT molecular complexity index is 1050. The van der Waals surface area contributed by atoms with Crippen LogP contribution < -0.4 is 9.47 Å². The molecule has 0 aliphatic carbocycles. The minimum atomic E-state index is -0.752. The minimum Gasteiger partial charge on any atom is -0.503 e. The average Bonchev–Trinajstić information content (AvgIpc) is 3.47. The number of aliphatic hydroxyl groups excluding tert-OH is 1. The normalized spacial score (nSPS) is 16.2. The first kappa shape index (κ1) is 25.1. The fourth-order valence-corrected chi connectivity index (χ4v) is 4.14. The summed E-state index contributed by atoms with van der Waals surface area (Å²) < 4.78 is 16.0. The summed E-state index contributed by atoms with van der Waals surface area (Å²) in [4.78, 5) is 30.1. The first-order valence-electron chi connectivity index (χ1n) is 11.4. The molecule has 1 N–H and O–H groups in total.